The average Bonchev–Trinajstić information content (AvgIpc) is 2.91. The number of amides is 2. The van der Waals surface area contributed by atoms with Gasteiger partial charge in [-0.05, 0) is 23.6 Å². The number of ether oxygens (including phenoxy) is 1. The molecule has 3 aromatic rings. The molecule has 2 amide bonds. The Morgan fingerprint density at radius 2 is 1.68 bits per heavy atom. The van der Waals surface area contributed by atoms with E-state index in [1.165, 1.54) is 0 Å². The molecule has 194 valence electrons. The molecular formula is C27H28F2N4O4. The first-order chi connectivity index (χ1) is 17.7. The molecule has 0 aliphatic carbocycles. The molecule has 0 saturated carbocycles. The number of nitrogens with zero attached hydrogens (tertiary/aromatic N) is 3. The predicted molar refractivity (Wildman–Crippen MR) is 132 cm³/mol. The number of carbonyl (C=O) groups is 2. The number of aromatic nitrogens is 2. The van der Waals surface area contributed by atoms with E-state index in [4.69, 9.17) is 4.74 Å². The first kappa shape index (κ1) is 26.0. The van der Waals surface area contributed by atoms with Crippen molar-refractivity contribution in [3.8, 4) is 22.9 Å². The fraction of sp³-hybridized carbons (Fsp3) is 0.333. The molecule has 8 nitrogen and oxygen atoms in total. The van der Waals surface area contributed by atoms with Gasteiger partial charge in [0, 0.05) is 43.9 Å². The molecule has 2 N–H and O–H groups in total. The highest BCUT2D eigenvalue weighted by Gasteiger charge is 2.33. The van der Waals surface area contributed by atoms with Crippen LogP contribution in [0.2, 0.25) is 0 Å². The van der Waals surface area contributed by atoms with Gasteiger partial charge >= 0.3 is 6.01 Å². The van der Waals surface area contributed by atoms with Crippen LogP contribution in [0.15, 0.2) is 54.9 Å². The zero-order valence-corrected chi connectivity index (χ0v) is 20.5. The van der Waals surface area contributed by atoms with Gasteiger partial charge in [-0.15, -0.1) is 0 Å². The lowest BCUT2D eigenvalue weighted by Crippen LogP contribution is -2.53. The van der Waals surface area contributed by atoms with Crippen LogP contribution in [-0.2, 0) is 4.79 Å². The number of hydrogen-bond donors (Lipinski definition) is 2. The molecular weight excluding hydrogens is 482 g/mol. The molecule has 10 heteroatoms. The van der Waals surface area contributed by atoms with Gasteiger partial charge < -0.3 is 20.1 Å². The number of phenols is 1. The van der Waals surface area contributed by atoms with Crippen LogP contribution in [0.3, 0.4) is 0 Å². The highest BCUT2D eigenvalue weighted by molar-refractivity contribution is 5.99. The quantitative estimate of drug-likeness (QED) is 0.499. The van der Waals surface area contributed by atoms with Crippen LogP contribution < -0.4 is 10.1 Å². The average molecular weight is 511 g/mol. The van der Waals surface area contributed by atoms with Crippen molar-refractivity contribution in [2.45, 2.75) is 38.8 Å². The molecule has 1 aliphatic rings. The van der Waals surface area contributed by atoms with Gasteiger partial charge in [0.2, 0.25) is 11.7 Å². The van der Waals surface area contributed by atoms with Crippen LogP contribution in [-0.4, -0.2) is 57.0 Å². The zero-order chi connectivity index (χ0) is 26.5. The molecule has 0 radical (unpaired) electrons. The van der Waals surface area contributed by atoms with E-state index in [0.29, 0.717) is 25.9 Å². The minimum Gasteiger partial charge on any atom is -0.504 e. The SMILES string of the molecule is CC(C)[C@H](NC(=O)c1ccc(F)c(F)c1O)C(=O)N1CCC(Oc2ncc(-c3ccccc3)cn2)CC1. The summed E-state index contributed by atoms with van der Waals surface area (Å²) in [4.78, 5) is 36.1. The normalized spacial score (nSPS) is 14.9. The lowest BCUT2D eigenvalue weighted by atomic mass is 9.99. The molecule has 1 aliphatic heterocycles. The summed E-state index contributed by atoms with van der Waals surface area (Å²) in [6.07, 6.45) is 4.35. The fourth-order valence-corrected chi connectivity index (χ4v) is 4.15. The summed E-state index contributed by atoms with van der Waals surface area (Å²) in [5.74, 6) is -5.32. The molecule has 2 aromatic carbocycles. The van der Waals surface area contributed by atoms with Crippen molar-refractivity contribution >= 4 is 11.8 Å². The number of nitrogens with one attached hydrogen (secondary N) is 1. The van der Waals surface area contributed by atoms with Crippen molar-refractivity contribution < 1.29 is 28.2 Å². The molecule has 0 spiro atoms. The maximum Gasteiger partial charge on any atom is 0.316 e. The van der Waals surface area contributed by atoms with E-state index in [0.717, 1.165) is 23.3 Å². The summed E-state index contributed by atoms with van der Waals surface area (Å²) in [6, 6.07) is 10.8. The Balaban J connectivity index is 1.33. The highest BCUT2D eigenvalue weighted by atomic mass is 19.2. The van der Waals surface area contributed by atoms with Gasteiger partial charge in [-0.3, -0.25) is 9.59 Å². The Bertz CT molecular complexity index is 1250. The summed E-state index contributed by atoms with van der Waals surface area (Å²) in [5, 5.41) is 12.4. The molecule has 1 saturated heterocycles. The molecule has 1 aromatic heterocycles. The number of rotatable bonds is 7. The van der Waals surface area contributed by atoms with Crippen LogP contribution >= 0.6 is 0 Å². The van der Waals surface area contributed by atoms with E-state index in [9.17, 15) is 23.5 Å². The Labute approximate surface area is 213 Å². The minimum atomic E-state index is -1.51. The van der Waals surface area contributed by atoms with Gasteiger partial charge in [-0.2, -0.15) is 4.39 Å². The number of hydrogen-bond acceptors (Lipinski definition) is 6. The maximum absolute atomic E-state index is 13.7. The van der Waals surface area contributed by atoms with E-state index in [2.05, 4.69) is 15.3 Å². The topological polar surface area (TPSA) is 105 Å². The Morgan fingerprint density at radius 1 is 1.03 bits per heavy atom. The van der Waals surface area contributed by atoms with Crippen molar-refractivity contribution in [1.29, 1.82) is 0 Å². The van der Waals surface area contributed by atoms with Gasteiger partial charge in [-0.25, -0.2) is 14.4 Å². The van der Waals surface area contributed by atoms with Crippen LogP contribution in [0.25, 0.3) is 11.1 Å². The lowest BCUT2D eigenvalue weighted by molar-refractivity contribution is -0.136. The first-order valence-corrected chi connectivity index (χ1v) is 12.0. The van der Waals surface area contributed by atoms with E-state index in [1.807, 2.05) is 30.3 Å². The number of likely N-dealkylation sites (tertiary alicyclic amines) is 1. The van der Waals surface area contributed by atoms with Crippen molar-refractivity contribution in [3.63, 3.8) is 0 Å². The zero-order valence-electron chi connectivity index (χ0n) is 20.5. The van der Waals surface area contributed by atoms with Crippen molar-refractivity contribution in [1.82, 2.24) is 20.2 Å². The minimum absolute atomic E-state index is 0.169. The second kappa shape index (κ2) is 11.3. The summed E-state index contributed by atoms with van der Waals surface area (Å²) < 4.78 is 32.9. The number of halogens is 2. The number of piperidine rings is 1. The van der Waals surface area contributed by atoms with Crippen LogP contribution in [0.4, 0.5) is 8.78 Å². The molecule has 2 heterocycles. The van der Waals surface area contributed by atoms with Crippen LogP contribution in [0, 0.1) is 17.6 Å². The smallest absolute Gasteiger partial charge is 0.316 e. The van der Waals surface area contributed by atoms with Gasteiger partial charge in [-0.1, -0.05) is 44.2 Å². The van der Waals surface area contributed by atoms with Gasteiger partial charge in [0.1, 0.15) is 12.1 Å². The third-order valence-corrected chi connectivity index (χ3v) is 6.29. The highest BCUT2D eigenvalue weighted by Crippen LogP contribution is 2.25. The molecule has 37 heavy (non-hydrogen) atoms. The number of benzene rings is 2. The first-order valence-electron chi connectivity index (χ1n) is 12.0. The van der Waals surface area contributed by atoms with Crippen molar-refractivity contribution in [2.75, 3.05) is 13.1 Å². The third-order valence-electron chi connectivity index (χ3n) is 6.29. The van der Waals surface area contributed by atoms with E-state index < -0.39 is 34.9 Å². The summed E-state index contributed by atoms with van der Waals surface area (Å²) in [5.41, 5.74) is 1.45. The summed E-state index contributed by atoms with van der Waals surface area (Å²) in [6.45, 7) is 4.34. The predicted octanol–water partition coefficient (Wildman–Crippen LogP) is 3.95. The molecule has 4 rings (SSSR count). The Hall–Kier alpha value is -4.08. The maximum atomic E-state index is 13.7. The molecule has 0 unspecified atom stereocenters. The lowest BCUT2D eigenvalue weighted by Gasteiger charge is -2.35. The van der Waals surface area contributed by atoms with E-state index in [-0.39, 0.29) is 23.9 Å². The van der Waals surface area contributed by atoms with Crippen molar-refractivity contribution in [3.05, 3.63) is 72.1 Å². The number of aromatic hydroxyl groups is 1. The molecule has 0 bridgehead atoms. The van der Waals surface area contributed by atoms with Gasteiger partial charge in [0.25, 0.3) is 5.91 Å². The number of carbonyl (C=O) groups excluding carboxylic acids is 2. The van der Waals surface area contributed by atoms with Crippen molar-refractivity contribution in [2.24, 2.45) is 5.92 Å². The molecule has 1 fully saturated rings. The largest absolute Gasteiger partial charge is 0.504 e. The monoisotopic (exact) mass is 510 g/mol. The number of phenolic OH excluding ortho intramolecular Hbond substituents is 1. The van der Waals surface area contributed by atoms with Gasteiger partial charge in [0.05, 0.1) is 5.56 Å². The molecule has 1 atom stereocenters. The summed E-state index contributed by atoms with van der Waals surface area (Å²) >= 11 is 0. The van der Waals surface area contributed by atoms with Crippen LogP contribution in [0.1, 0.15) is 37.0 Å². The van der Waals surface area contributed by atoms with E-state index in [1.54, 1.807) is 31.1 Å². The third kappa shape index (κ3) is 6.02. The standard InChI is InChI=1S/C27H28F2N4O4/c1-16(2)23(32-25(35)20-8-9-21(28)22(29)24(20)34)26(36)33-12-10-19(11-13-33)37-27-30-14-18(15-31-27)17-6-4-3-5-7-17/h3-9,14-16,19,23,34H,10-13H2,1-2H3,(H,32,35)/t23-/m0/s1. The van der Waals surface area contributed by atoms with E-state index >= 15 is 0 Å². The van der Waals surface area contributed by atoms with Crippen LogP contribution in [0.5, 0.6) is 11.8 Å². The Kier molecular flexibility index (Phi) is 7.95. The second-order valence-electron chi connectivity index (χ2n) is 9.22. The van der Waals surface area contributed by atoms with Gasteiger partial charge in [0.15, 0.2) is 11.6 Å². The fourth-order valence-electron chi connectivity index (χ4n) is 4.15. The summed E-state index contributed by atoms with van der Waals surface area (Å²) in [7, 11) is 0. The Morgan fingerprint density at radius 3 is 2.30 bits per heavy atom. The second-order valence-corrected chi connectivity index (χ2v) is 9.22.